The number of phenols is 1. The highest BCUT2D eigenvalue weighted by atomic mass is 16.3. The second kappa shape index (κ2) is 8.11. The molecule has 1 aromatic carbocycles. The SMILES string of the molecule is CC(C)C(N)=O.CCNC(=O)c1ccccc1O. The number of hydrogen-bond acceptors (Lipinski definition) is 3. The quantitative estimate of drug-likeness (QED) is 0.756. The fourth-order valence-electron chi connectivity index (χ4n) is 0.921. The number of nitrogens with two attached hydrogens (primary N) is 1. The predicted molar refractivity (Wildman–Crippen MR) is 70.1 cm³/mol. The summed E-state index contributed by atoms with van der Waals surface area (Å²) in [5.41, 5.74) is 5.12. The highest BCUT2D eigenvalue weighted by Gasteiger charge is 2.07. The van der Waals surface area contributed by atoms with E-state index in [1.54, 1.807) is 32.0 Å². The third-order valence-electron chi connectivity index (χ3n) is 2.06. The van der Waals surface area contributed by atoms with Gasteiger partial charge in [-0.05, 0) is 19.1 Å². The smallest absolute Gasteiger partial charge is 0.255 e. The maximum Gasteiger partial charge on any atom is 0.255 e. The Labute approximate surface area is 107 Å². The van der Waals surface area contributed by atoms with Crippen LogP contribution in [-0.4, -0.2) is 23.5 Å². The summed E-state index contributed by atoms with van der Waals surface area (Å²) in [7, 11) is 0. The number of aromatic hydroxyl groups is 1. The molecule has 1 rings (SSSR count). The maximum absolute atomic E-state index is 11.2. The van der Waals surface area contributed by atoms with E-state index in [0.29, 0.717) is 12.1 Å². The van der Waals surface area contributed by atoms with Gasteiger partial charge < -0.3 is 16.2 Å². The first-order valence-electron chi connectivity index (χ1n) is 5.75. The molecule has 18 heavy (non-hydrogen) atoms. The molecule has 0 atom stereocenters. The molecule has 0 bridgehead atoms. The van der Waals surface area contributed by atoms with E-state index >= 15 is 0 Å². The minimum Gasteiger partial charge on any atom is -0.507 e. The standard InChI is InChI=1S/C9H11NO2.C4H9NO/c1-2-10-9(12)7-5-3-4-6-8(7)11;1-3(2)4(5)6/h3-6,11H,2H2,1H3,(H,10,12);3H,1-2H3,(H2,5,6). The fourth-order valence-corrected chi connectivity index (χ4v) is 0.921. The van der Waals surface area contributed by atoms with Gasteiger partial charge in [0.1, 0.15) is 5.75 Å². The topological polar surface area (TPSA) is 92.4 Å². The molecular weight excluding hydrogens is 232 g/mol. The summed E-state index contributed by atoms with van der Waals surface area (Å²) in [6.07, 6.45) is 0. The number of benzene rings is 1. The molecule has 0 unspecified atom stereocenters. The molecule has 5 nitrogen and oxygen atoms in total. The third-order valence-corrected chi connectivity index (χ3v) is 2.06. The Morgan fingerprint density at radius 1 is 1.33 bits per heavy atom. The van der Waals surface area contributed by atoms with Crippen LogP contribution in [0.25, 0.3) is 0 Å². The lowest BCUT2D eigenvalue weighted by Crippen LogP contribution is -2.22. The zero-order chi connectivity index (χ0) is 14.1. The summed E-state index contributed by atoms with van der Waals surface area (Å²) in [6, 6.07) is 6.47. The van der Waals surface area contributed by atoms with Crippen LogP contribution in [0, 0.1) is 5.92 Å². The number of phenolic OH excluding ortho intramolecular Hbond substituents is 1. The minimum atomic E-state index is -0.241. The average molecular weight is 252 g/mol. The van der Waals surface area contributed by atoms with Gasteiger partial charge in [-0.3, -0.25) is 9.59 Å². The van der Waals surface area contributed by atoms with E-state index in [2.05, 4.69) is 5.32 Å². The van der Waals surface area contributed by atoms with Gasteiger partial charge in [0.25, 0.3) is 5.91 Å². The number of carbonyl (C=O) groups is 2. The number of carbonyl (C=O) groups excluding carboxylic acids is 2. The molecule has 0 fully saturated rings. The zero-order valence-corrected chi connectivity index (χ0v) is 10.9. The van der Waals surface area contributed by atoms with Gasteiger partial charge >= 0.3 is 0 Å². The molecule has 0 aromatic heterocycles. The molecule has 5 heteroatoms. The second-order valence-electron chi connectivity index (χ2n) is 3.93. The monoisotopic (exact) mass is 252 g/mol. The molecule has 0 aliphatic rings. The lowest BCUT2D eigenvalue weighted by Gasteiger charge is -2.02. The predicted octanol–water partition coefficient (Wildman–Crippen LogP) is 1.27. The maximum atomic E-state index is 11.2. The van der Waals surface area contributed by atoms with Crippen LogP contribution in [0.3, 0.4) is 0 Å². The Hall–Kier alpha value is -2.04. The van der Waals surface area contributed by atoms with Crippen molar-refractivity contribution in [3.63, 3.8) is 0 Å². The van der Waals surface area contributed by atoms with Crippen LogP contribution in [0.4, 0.5) is 0 Å². The van der Waals surface area contributed by atoms with Gasteiger partial charge in [0, 0.05) is 12.5 Å². The Kier molecular flexibility index (Phi) is 7.19. The van der Waals surface area contributed by atoms with Crippen LogP contribution in [0.5, 0.6) is 5.75 Å². The van der Waals surface area contributed by atoms with Gasteiger partial charge in [0.15, 0.2) is 0 Å². The largest absolute Gasteiger partial charge is 0.507 e. The van der Waals surface area contributed by atoms with Crippen molar-refractivity contribution in [2.45, 2.75) is 20.8 Å². The molecule has 0 heterocycles. The van der Waals surface area contributed by atoms with Crippen molar-refractivity contribution in [3.05, 3.63) is 29.8 Å². The summed E-state index contributed by atoms with van der Waals surface area (Å²) in [6.45, 7) is 5.93. The number of para-hydroxylation sites is 1. The Morgan fingerprint density at radius 3 is 2.22 bits per heavy atom. The average Bonchev–Trinajstić information content (AvgIpc) is 2.30. The first-order chi connectivity index (χ1) is 8.40. The summed E-state index contributed by atoms with van der Waals surface area (Å²) in [5, 5.41) is 11.9. The summed E-state index contributed by atoms with van der Waals surface area (Å²) in [5.74, 6) is -0.473. The summed E-state index contributed by atoms with van der Waals surface area (Å²) < 4.78 is 0. The summed E-state index contributed by atoms with van der Waals surface area (Å²) >= 11 is 0. The van der Waals surface area contributed by atoms with Crippen LogP contribution in [0.2, 0.25) is 0 Å². The number of nitrogens with one attached hydrogen (secondary N) is 1. The van der Waals surface area contributed by atoms with Crippen molar-refractivity contribution in [2.24, 2.45) is 11.7 Å². The van der Waals surface area contributed by atoms with Gasteiger partial charge in [-0.25, -0.2) is 0 Å². The molecule has 0 aliphatic carbocycles. The van der Waals surface area contributed by atoms with E-state index in [9.17, 15) is 14.7 Å². The van der Waals surface area contributed by atoms with Gasteiger partial charge in [0.2, 0.25) is 5.91 Å². The molecule has 0 saturated heterocycles. The summed E-state index contributed by atoms with van der Waals surface area (Å²) in [4.78, 5) is 21.1. The highest BCUT2D eigenvalue weighted by molar-refractivity contribution is 5.96. The van der Waals surface area contributed by atoms with Crippen molar-refractivity contribution in [1.82, 2.24) is 5.32 Å². The number of rotatable bonds is 3. The lowest BCUT2D eigenvalue weighted by atomic mass is 10.2. The van der Waals surface area contributed by atoms with Crippen LogP contribution in [0.1, 0.15) is 31.1 Å². The molecule has 0 aliphatic heterocycles. The number of primary amides is 1. The number of hydrogen-bond donors (Lipinski definition) is 3. The second-order valence-corrected chi connectivity index (χ2v) is 3.93. The van der Waals surface area contributed by atoms with Crippen molar-refractivity contribution in [2.75, 3.05) is 6.54 Å². The third kappa shape index (κ3) is 5.89. The Bertz CT molecular complexity index is 403. The van der Waals surface area contributed by atoms with Crippen molar-refractivity contribution in [3.8, 4) is 5.75 Å². The molecule has 100 valence electrons. The van der Waals surface area contributed by atoms with Crippen LogP contribution >= 0.6 is 0 Å². The van der Waals surface area contributed by atoms with Crippen molar-refractivity contribution in [1.29, 1.82) is 0 Å². The zero-order valence-electron chi connectivity index (χ0n) is 10.9. The van der Waals surface area contributed by atoms with Crippen molar-refractivity contribution >= 4 is 11.8 Å². The van der Waals surface area contributed by atoms with Gasteiger partial charge in [-0.15, -0.1) is 0 Å². The fraction of sp³-hybridized carbons (Fsp3) is 0.385. The minimum absolute atomic E-state index is 0.00926. The van der Waals surface area contributed by atoms with E-state index in [1.165, 1.54) is 6.07 Å². The first-order valence-corrected chi connectivity index (χ1v) is 5.75. The molecule has 1 aromatic rings. The van der Waals surface area contributed by atoms with Gasteiger partial charge in [-0.2, -0.15) is 0 Å². The molecule has 4 N–H and O–H groups in total. The molecular formula is C13H20N2O3. The molecule has 0 radical (unpaired) electrons. The van der Waals surface area contributed by atoms with Crippen LogP contribution in [-0.2, 0) is 4.79 Å². The number of amides is 2. The van der Waals surface area contributed by atoms with E-state index < -0.39 is 0 Å². The van der Waals surface area contributed by atoms with Gasteiger partial charge in [0.05, 0.1) is 5.56 Å². The molecule has 2 amide bonds. The highest BCUT2D eigenvalue weighted by Crippen LogP contribution is 2.14. The van der Waals surface area contributed by atoms with E-state index in [-0.39, 0.29) is 23.5 Å². The van der Waals surface area contributed by atoms with E-state index in [4.69, 9.17) is 5.73 Å². The van der Waals surface area contributed by atoms with E-state index in [1.807, 2.05) is 6.92 Å². The normalized spacial score (nSPS) is 9.33. The first kappa shape index (κ1) is 16.0. The van der Waals surface area contributed by atoms with Crippen LogP contribution in [0.15, 0.2) is 24.3 Å². The lowest BCUT2D eigenvalue weighted by molar-refractivity contribution is -0.120. The van der Waals surface area contributed by atoms with Gasteiger partial charge in [-0.1, -0.05) is 26.0 Å². The molecule has 0 saturated carbocycles. The van der Waals surface area contributed by atoms with E-state index in [0.717, 1.165) is 0 Å². The van der Waals surface area contributed by atoms with Crippen LogP contribution < -0.4 is 11.1 Å². The Morgan fingerprint density at radius 2 is 1.83 bits per heavy atom. The van der Waals surface area contributed by atoms with Crippen molar-refractivity contribution < 1.29 is 14.7 Å². The Balaban J connectivity index is 0.000000411. The molecule has 0 spiro atoms.